The van der Waals surface area contributed by atoms with Gasteiger partial charge in [-0.25, -0.2) is 4.79 Å². The van der Waals surface area contributed by atoms with Gasteiger partial charge in [0.05, 0.1) is 0 Å². The van der Waals surface area contributed by atoms with Crippen molar-refractivity contribution in [1.29, 1.82) is 0 Å². The van der Waals surface area contributed by atoms with Crippen LogP contribution in [0.4, 0.5) is 0 Å². The number of aromatic nitrogens is 2. The van der Waals surface area contributed by atoms with Gasteiger partial charge in [-0.05, 0) is 0 Å². The summed E-state index contributed by atoms with van der Waals surface area (Å²) in [5.74, 6) is -0.779. The second-order valence-electron chi connectivity index (χ2n) is 1.34. The molecule has 0 aromatic carbocycles. The first kappa shape index (κ1) is 5.83. The fraction of sp³-hybridized carbons (Fsp3) is 0.333. The second-order valence-corrected chi connectivity index (χ2v) is 1.34. The highest BCUT2D eigenvalue weighted by atomic mass is 16.6. The Labute approximate surface area is 48.6 Å². The molecule has 0 aliphatic carbocycles. The van der Waals surface area contributed by atoms with Gasteiger partial charge in [-0.1, -0.05) is 4.74 Å². The Kier molecular flexibility index (Phi) is 1.23. The van der Waals surface area contributed by atoms with Crippen molar-refractivity contribution < 1.29 is 14.5 Å². The lowest BCUT2D eigenvalue weighted by molar-refractivity contribution is 0.0448. The first-order valence-electron chi connectivity index (χ1n) is 2.16. The fourth-order valence-corrected chi connectivity index (χ4v) is 0.357. The zero-order valence-corrected chi connectivity index (χ0v) is 4.33. The number of hydrogen-bond acceptors (Lipinski definition) is 4. The van der Waals surface area contributed by atoms with E-state index in [4.69, 9.17) is 5.11 Å². The maximum absolute atomic E-state index is 10.3. The SMILES string of the molecule is O=C(CO)n1o[nH]c1=O. The predicted octanol–water partition coefficient (Wildman–Crippen LogP) is -1.60. The summed E-state index contributed by atoms with van der Waals surface area (Å²) in [6.07, 6.45) is 0. The van der Waals surface area contributed by atoms with Crippen LogP contribution in [0.2, 0.25) is 0 Å². The zero-order chi connectivity index (χ0) is 6.85. The molecule has 50 valence electrons. The number of carbonyl (C=O) groups excluding carboxylic acids is 1. The summed E-state index contributed by atoms with van der Waals surface area (Å²) < 4.78 is 4.55. The van der Waals surface area contributed by atoms with Crippen LogP contribution in [0, 0.1) is 0 Å². The van der Waals surface area contributed by atoms with Gasteiger partial charge in [0, 0.05) is 0 Å². The number of H-pyrrole nitrogens is 1. The molecule has 1 rings (SSSR count). The van der Waals surface area contributed by atoms with Crippen molar-refractivity contribution in [2.45, 2.75) is 0 Å². The molecule has 0 aliphatic rings. The molecule has 0 saturated heterocycles. The van der Waals surface area contributed by atoms with E-state index in [9.17, 15) is 9.59 Å². The zero-order valence-electron chi connectivity index (χ0n) is 4.33. The Morgan fingerprint density at radius 3 is 2.67 bits per heavy atom. The van der Waals surface area contributed by atoms with Gasteiger partial charge in [0.2, 0.25) is 0 Å². The third-order valence-electron chi connectivity index (χ3n) is 0.770. The summed E-state index contributed by atoms with van der Waals surface area (Å²) in [6, 6.07) is 0. The molecule has 9 heavy (non-hydrogen) atoms. The van der Waals surface area contributed by atoms with Crippen molar-refractivity contribution in [2.75, 3.05) is 6.61 Å². The summed E-state index contributed by atoms with van der Waals surface area (Å²) in [6.45, 7) is -0.729. The molecule has 0 aliphatic heterocycles. The van der Waals surface area contributed by atoms with Crippen molar-refractivity contribution in [3.8, 4) is 0 Å². The molecule has 0 spiro atoms. The van der Waals surface area contributed by atoms with Crippen LogP contribution in [0.5, 0.6) is 0 Å². The number of nitrogens with one attached hydrogen (secondary N) is 1. The Balaban J connectivity index is 2.83. The molecule has 1 aromatic rings. The topological polar surface area (TPSA) is 88.2 Å². The Morgan fingerprint density at radius 1 is 1.89 bits per heavy atom. The molecule has 2 N–H and O–H groups in total. The standard InChI is InChI=1S/C3H4N2O4/c6-1-2(7)5-3(8)4-9-5/h6H,1H2,(H,4,8). The third-order valence-corrected chi connectivity index (χ3v) is 0.770. The first-order valence-corrected chi connectivity index (χ1v) is 2.16. The number of aliphatic hydroxyl groups is 1. The van der Waals surface area contributed by atoms with Crippen LogP contribution in [0.1, 0.15) is 4.79 Å². The summed E-state index contributed by atoms with van der Waals surface area (Å²) in [7, 11) is 0. The number of aromatic amines is 1. The van der Waals surface area contributed by atoms with E-state index in [1.54, 1.807) is 0 Å². The van der Waals surface area contributed by atoms with Crippen molar-refractivity contribution in [2.24, 2.45) is 0 Å². The number of aliphatic hydroxyl groups excluding tert-OH is 1. The average Bonchev–Trinajstić information content (AvgIpc) is 1.84. The summed E-state index contributed by atoms with van der Waals surface area (Å²) in [4.78, 5) is 20.5. The summed E-state index contributed by atoms with van der Waals surface area (Å²) in [5.41, 5.74) is -0.658. The van der Waals surface area contributed by atoms with Gasteiger partial charge >= 0.3 is 5.69 Å². The van der Waals surface area contributed by atoms with Crippen LogP contribution in [-0.2, 0) is 0 Å². The smallest absolute Gasteiger partial charge is 0.386 e. The molecule has 1 heterocycles. The van der Waals surface area contributed by atoms with E-state index in [1.165, 1.54) is 0 Å². The molecule has 0 fully saturated rings. The van der Waals surface area contributed by atoms with Crippen LogP contribution in [0.15, 0.2) is 9.42 Å². The van der Waals surface area contributed by atoms with Crippen molar-refractivity contribution in [3.05, 3.63) is 10.5 Å². The number of hydrogen-bond donors (Lipinski definition) is 2. The van der Waals surface area contributed by atoms with Gasteiger partial charge < -0.3 is 5.11 Å². The van der Waals surface area contributed by atoms with Gasteiger partial charge in [-0.3, -0.25) is 9.42 Å². The van der Waals surface area contributed by atoms with E-state index in [0.29, 0.717) is 4.74 Å². The fourth-order valence-electron chi connectivity index (χ4n) is 0.357. The van der Waals surface area contributed by atoms with Crippen LogP contribution >= 0.6 is 0 Å². The van der Waals surface area contributed by atoms with E-state index in [-0.39, 0.29) is 0 Å². The molecule has 6 nitrogen and oxygen atoms in total. The Morgan fingerprint density at radius 2 is 2.56 bits per heavy atom. The molecule has 1 aromatic heterocycles. The Bertz CT molecular complexity index is 253. The van der Waals surface area contributed by atoms with Crippen molar-refractivity contribution in [3.63, 3.8) is 0 Å². The lowest BCUT2D eigenvalue weighted by atomic mass is 10.7. The summed E-state index contributed by atoms with van der Waals surface area (Å²) in [5, 5.41) is 9.97. The van der Waals surface area contributed by atoms with Gasteiger partial charge in [-0.2, -0.15) is 0 Å². The third kappa shape index (κ3) is 0.789. The van der Waals surface area contributed by atoms with Crippen LogP contribution in [0.25, 0.3) is 0 Å². The number of nitrogens with zero attached hydrogens (tertiary/aromatic N) is 1. The maximum atomic E-state index is 10.3. The van der Waals surface area contributed by atoms with E-state index in [0.717, 1.165) is 0 Å². The monoisotopic (exact) mass is 132 g/mol. The van der Waals surface area contributed by atoms with E-state index < -0.39 is 18.2 Å². The minimum Gasteiger partial charge on any atom is -0.386 e. The van der Waals surface area contributed by atoms with Crippen LogP contribution < -0.4 is 5.69 Å². The highest BCUT2D eigenvalue weighted by Crippen LogP contribution is 1.75. The van der Waals surface area contributed by atoms with Gasteiger partial charge in [0.25, 0.3) is 5.91 Å². The molecule has 6 heteroatoms. The predicted molar refractivity (Wildman–Crippen MR) is 25.0 cm³/mol. The van der Waals surface area contributed by atoms with Crippen LogP contribution in [0.3, 0.4) is 0 Å². The van der Waals surface area contributed by atoms with Gasteiger partial charge in [0.15, 0.2) is 0 Å². The van der Waals surface area contributed by atoms with E-state index in [2.05, 4.69) is 4.63 Å². The number of rotatable bonds is 1. The summed E-state index contributed by atoms with van der Waals surface area (Å²) >= 11 is 0. The highest BCUT2D eigenvalue weighted by molar-refractivity contribution is 5.78. The highest BCUT2D eigenvalue weighted by Gasteiger charge is 2.09. The molecular weight excluding hydrogens is 128 g/mol. The molecule has 0 bridgehead atoms. The van der Waals surface area contributed by atoms with Crippen molar-refractivity contribution >= 4 is 5.91 Å². The van der Waals surface area contributed by atoms with Crippen LogP contribution in [-0.4, -0.2) is 27.5 Å². The molecule has 0 radical (unpaired) electrons. The van der Waals surface area contributed by atoms with Gasteiger partial charge in [0.1, 0.15) is 6.61 Å². The minimum absolute atomic E-state index is 0.431. The molecule has 0 unspecified atom stereocenters. The van der Waals surface area contributed by atoms with Gasteiger partial charge in [-0.15, -0.1) is 5.16 Å². The van der Waals surface area contributed by atoms with E-state index >= 15 is 0 Å². The lowest BCUT2D eigenvalue weighted by Crippen LogP contribution is -2.35. The maximum Gasteiger partial charge on any atom is 0.395 e. The molecule has 0 atom stereocenters. The first-order chi connectivity index (χ1) is 4.25. The minimum atomic E-state index is -0.779. The van der Waals surface area contributed by atoms with E-state index in [1.807, 2.05) is 5.16 Å². The average molecular weight is 132 g/mol. The molecule has 0 amide bonds. The molecule has 0 saturated carbocycles. The largest absolute Gasteiger partial charge is 0.395 e. The van der Waals surface area contributed by atoms with Crippen molar-refractivity contribution in [1.82, 2.24) is 9.90 Å². The normalized spacial score (nSPS) is 9.89. The lowest BCUT2D eigenvalue weighted by Gasteiger charge is -1.98. The number of carbonyl (C=O) groups is 1. The molecular formula is C3H4N2O4. The Hall–Kier alpha value is -1.30. The second kappa shape index (κ2) is 1.90. The quantitative estimate of drug-likeness (QED) is 0.481.